The maximum atomic E-state index is 13.0. The summed E-state index contributed by atoms with van der Waals surface area (Å²) in [6.45, 7) is 3.89. The van der Waals surface area contributed by atoms with E-state index >= 15 is 0 Å². The fraction of sp³-hybridized carbons (Fsp3) is 0.727. The molecule has 96 valence electrons. The summed E-state index contributed by atoms with van der Waals surface area (Å²) in [5.41, 5.74) is 6.31. The van der Waals surface area contributed by atoms with Crippen molar-refractivity contribution in [2.24, 2.45) is 12.8 Å². The van der Waals surface area contributed by atoms with Crippen molar-refractivity contribution in [2.75, 3.05) is 0 Å². The molecule has 1 heterocycles. The first-order valence-electron chi connectivity index (χ1n) is 5.56. The molecule has 0 atom stereocenters. The Kier molecular flexibility index (Phi) is 2.74. The third-order valence-corrected chi connectivity index (χ3v) is 3.63. The summed E-state index contributed by atoms with van der Waals surface area (Å²) >= 11 is 6.12. The van der Waals surface area contributed by atoms with Crippen molar-refractivity contribution < 1.29 is 8.78 Å². The molecule has 0 amide bonds. The van der Waals surface area contributed by atoms with Crippen LogP contribution in [0.1, 0.15) is 43.9 Å². The van der Waals surface area contributed by atoms with E-state index in [1.54, 1.807) is 7.05 Å². The molecule has 1 aliphatic rings. The van der Waals surface area contributed by atoms with Crippen molar-refractivity contribution in [1.29, 1.82) is 0 Å². The molecule has 6 heteroatoms. The topological polar surface area (TPSA) is 43.8 Å². The first kappa shape index (κ1) is 12.8. The Labute approximate surface area is 104 Å². The summed E-state index contributed by atoms with van der Waals surface area (Å²) in [7, 11) is 1.69. The lowest BCUT2D eigenvalue weighted by atomic mass is 9.69. The predicted molar refractivity (Wildman–Crippen MR) is 62.4 cm³/mol. The molecule has 0 bridgehead atoms. The van der Waals surface area contributed by atoms with Gasteiger partial charge in [-0.05, 0) is 5.92 Å². The number of alkyl halides is 2. The van der Waals surface area contributed by atoms with Crippen LogP contribution in [0.4, 0.5) is 8.78 Å². The number of halogens is 3. The molecule has 1 saturated carbocycles. The van der Waals surface area contributed by atoms with Gasteiger partial charge in [0.2, 0.25) is 0 Å². The minimum absolute atomic E-state index is 0.110. The largest absolute Gasteiger partial charge is 0.321 e. The van der Waals surface area contributed by atoms with Crippen LogP contribution in [0.5, 0.6) is 0 Å². The Morgan fingerprint density at radius 2 is 1.94 bits per heavy atom. The fourth-order valence-corrected chi connectivity index (χ4v) is 2.76. The molecule has 1 fully saturated rings. The molecule has 0 aliphatic heterocycles. The van der Waals surface area contributed by atoms with E-state index in [2.05, 4.69) is 5.10 Å². The molecule has 17 heavy (non-hydrogen) atoms. The number of rotatable bonds is 2. The van der Waals surface area contributed by atoms with E-state index in [0.717, 1.165) is 5.69 Å². The number of nitrogens with zero attached hydrogens (tertiary/aromatic N) is 2. The van der Waals surface area contributed by atoms with Crippen LogP contribution >= 0.6 is 11.6 Å². The number of aryl methyl sites for hydroxylation is 1. The van der Waals surface area contributed by atoms with Gasteiger partial charge in [0.15, 0.2) is 0 Å². The molecule has 0 saturated heterocycles. The number of nitrogens with two attached hydrogens (primary N) is 1. The minimum Gasteiger partial charge on any atom is -0.321 e. The Hall–Kier alpha value is -0.680. The normalized spacial score (nSPS) is 21.6. The number of aromatic nitrogens is 2. The van der Waals surface area contributed by atoms with Crippen LogP contribution in [0.15, 0.2) is 0 Å². The van der Waals surface area contributed by atoms with E-state index in [-0.39, 0.29) is 18.8 Å². The summed E-state index contributed by atoms with van der Waals surface area (Å²) < 4.78 is 27.6. The van der Waals surface area contributed by atoms with Gasteiger partial charge in [0.05, 0.1) is 11.2 Å². The third kappa shape index (κ3) is 1.95. The van der Waals surface area contributed by atoms with Gasteiger partial charge in [-0.25, -0.2) is 8.78 Å². The number of hydrogen-bond donors (Lipinski definition) is 1. The van der Waals surface area contributed by atoms with Crippen molar-refractivity contribution in [3.8, 4) is 0 Å². The van der Waals surface area contributed by atoms with Gasteiger partial charge < -0.3 is 5.73 Å². The van der Waals surface area contributed by atoms with Crippen molar-refractivity contribution in [3.63, 3.8) is 0 Å². The van der Waals surface area contributed by atoms with Gasteiger partial charge >= 0.3 is 0 Å². The van der Waals surface area contributed by atoms with E-state index in [9.17, 15) is 8.78 Å². The van der Waals surface area contributed by atoms with Crippen LogP contribution in [-0.2, 0) is 12.6 Å². The zero-order valence-electron chi connectivity index (χ0n) is 10.1. The first-order chi connectivity index (χ1) is 7.66. The summed E-state index contributed by atoms with van der Waals surface area (Å²) in [5, 5.41) is 4.63. The van der Waals surface area contributed by atoms with Gasteiger partial charge in [-0.1, -0.05) is 25.4 Å². The maximum Gasteiger partial charge on any atom is 0.252 e. The van der Waals surface area contributed by atoms with Crippen molar-refractivity contribution >= 4 is 11.6 Å². The molecule has 1 aromatic rings. The highest BCUT2D eigenvalue weighted by Crippen LogP contribution is 2.52. The second-order valence-corrected chi connectivity index (χ2v) is 5.55. The average Bonchev–Trinajstić information content (AvgIpc) is 2.40. The van der Waals surface area contributed by atoms with Crippen LogP contribution in [-0.4, -0.2) is 15.7 Å². The summed E-state index contributed by atoms with van der Waals surface area (Å²) in [5.74, 6) is -2.57. The van der Waals surface area contributed by atoms with Crippen LogP contribution in [0.25, 0.3) is 0 Å². The quantitative estimate of drug-likeness (QED) is 0.892. The second-order valence-electron chi connectivity index (χ2n) is 5.20. The SMILES string of the molecule is CC(C)c1nn(C)c(Cl)c1C1(N)CC(F)(F)C1. The molecule has 1 aliphatic carbocycles. The summed E-state index contributed by atoms with van der Waals surface area (Å²) in [6.07, 6.45) is -0.712. The van der Waals surface area contributed by atoms with E-state index < -0.39 is 11.5 Å². The van der Waals surface area contributed by atoms with E-state index in [4.69, 9.17) is 17.3 Å². The maximum absolute atomic E-state index is 13.0. The Morgan fingerprint density at radius 1 is 1.41 bits per heavy atom. The van der Waals surface area contributed by atoms with Crippen molar-refractivity contribution in [3.05, 3.63) is 16.4 Å². The first-order valence-corrected chi connectivity index (χ1v) is 5.94. The van der Waals surface area contributed by atoms with Crippen LogP contribution in [0.3, 0.4) is 0 Å². The second kappa shape index (κ2) is 3.65. The third-order valence-electron chi connectivity index (χ3n) is 3.20. The molecule has 1 aromatic heterocycles. The lowest BCUT2D eigenvalue weighted by molar-refractivity contribution is -0.125. The van der Waals surface area contributed by atoms with Gasteiger partial charge in [0.25, 0.3) is 5.92 Å². The van der Waals surface area contributed by atoms with Crippen LogP contribution in [0.2, 0.25) is 5.15 Å². The smallest absolute Gasteiger partial charge is 0.252 e. The Morgan fingerprint density at radius 3 is 2.35 bits per heavy atom. The lowest BCUT2D eigenvalue weighted by Gasteiger charge is -2.44. The molecule has 0 radical (unpaired) electrons. The fourth-order valence-electron chi connectivity index (χ4n) is 2.44. The molecule has 3 nitrogen and oxygen atoms in total. The van der Waals surface area contributed by atoms with Gasteiger partial charge in [0, 0.05) is 25.5 Å². The summed E-state index contributed by atoms with van der Waals surface area (Å²) in [4.78, 5) is 0. The van der Waals surface area contributed by atoms with Crippen LogP contribution in [0, 0.1) is 0 Å². The van der Waals surface area contributed by atoms with Crippen molar-refractivity contribution in [1.82, 2.24) is 9.78 Å². The van der Waals surface area contributed by atoms with Gasteiger partial charge in [-0.2, -0.15) is 5.10 Å². The molecular weight excluding hydrogens is 248 g/mol. The molecule has 0 spiro atoms. The average molecular weight is 264 g/mol. The molecule has 2 rings (SSSR count). The monoisotopic (exact) mass is 263 g/mol. The summed E-state index contributed by atoms with van der Waals surface area (Å²) in [6, 6.07) is 0. The highest BCUT2D eigenvalue weighted by Gasteiger charge is 2.57. The van der Waals surface area contributed by atoms with Gasteiger partial charge in [-0.3, -0.25) is 4.68 Å². The Bertz CT molecular complexity index is 446. The van der Waals surface area contributed by atoms with E-state index in [1.165, 1.54) is 4.68 Å². The zero-order valence-corrected chi connectivity index (χ0v) is 10.9. The van der Waals surface area contributed by atoms with Gasteiger partial charge in [-0.15, -0.1) is 0 Å². The highest BCUT2D eigenvalue weighted by molar-refractivity contribution is 6.30. The standard InChI is InChI=1S/C11H16ClF2N3/c1-6(2)8-7(9(12)17(3)16-8)10(15)4-11(13,14)5-10/h6H,4-5,15H2,1-3H3. The number of hydrogen-bond acceptors (Lipinski definition) is 2. The molecule has 0 unspecified atom stereocenters. The minimum atomic E-state index is -2.68. The molecule has 2 N–H and O–H groups in total. The predicted octanol–water partition coefficient (Wildman–Crippen LogP) is 2.78. The lowest BCUT2D eigenvalue weighted by Crippen LogP contribution is -2.56. The Balaban J connectivity index is 2.45. The van der Waals surface area contributed by atoms with Crippen LogP contribution < -0.4 is 5.73 Å². The molecular formula is C11H16ClF2N3. The zero-order chi connectivity index (χ0) is 13.0. The molecule has 0 aromatic carbocycles. The highest BCUT2D eigenvalue weighted by atomic mass is 35.5. The van der Waals surface area contributed by atoms with Gasteiger partial charge in [0.1, 0.15) is 5.15 Å². The van der Waals surface area contributed by atoms with Crippen molar-refractivity contribution in [2.45, 2.75) is 44.1 Å². The van der Waals surface area contributed by atoms with E-state index in [1.807, 2.05) is 13.8 Å². The van der Waals surface area contributed by atoms with E-state index in [0.29, 0.717) is 10.7 Å².